The summed E-state index contributed by atoms with van der Waals surface area (Å²) < 4.78 is 5.39. The van der Waals surface area contributed by atoms with Gasteiger partial charge >= 0.3 is 0 Å². The maximum absolute atomic E-state index is 12.4. The van der Waals surface area contributed by atoms with Crippen LogP contribution in [0.1, 0.15) is 31.4 Å². The zero-order chi connectivity index (χ0) is 19.9. The molecule has 0 aromatic heterocycles. The highest BCUT2D eigenvalue weighted by Crippen LogP contribution is 2.25. The van der Waals surface area contributed by atoms with Gasteiger partial charge in [-0.3, -0.25) is 9.59 Å². The van der Waals surface area contributed by atoms with Crippen molar-refractivity contribution in [2.24, 2.45) is 11.0 Å². The SMILES string of the molecule is CCOc1ccc(/C=N/NC(=O)C2CC(=O)N(c3ccc(CC)cc3)C2)cc1. The molecule has 6 heteroatoms. The van der Waals surface area contributed by atoms with E-state index in [-0.39, 0.29) is 18.2 Å². The zero-order valence-corrected chi connectivity index (χ0v) is 16.2. The number of carbonyl (C=O) groups excluding carboxylic acids is 2. The number of carbonyl (C=O) groups is 2. The van der Waals surface area contributed by atoms with E-state index in [2.05, 4.69) is 17.5 Å². The number of hydrogen-bond donors (Lipinski definition) is 1. The highest BCUT2D eigenvalue weighted by molar-refractivity contribution is 6.00. The molecule has 1 atom stereocenters. The molecule has 2 aromatic carbocycles. The quantitative estimate of drug-likeness (QED) is 0.593. The summed E-state index contributed by atoms with van der Waals surface area (Å²) in [4.78, 5) is 26.4. The molecular weight excluding hydrogens is 354 g/mol. The Kier molecular flexibility index (Phi) is 6.42. The van der Waals surface area contributed by atoms with Crippen LogP contribution in [0.15, 0.2) is 53.6 Å². The first-order chi connectivity index (χ1) is 13.6. The van der Waals surface area contributed by atoms with Gasteiger partial charge in [0.2, 0.25) is 11.8 Å². The van der Waals surface area contributed by atoms with Gasteiger partial charge < -0.3 is 9.64 Å². The lowest BCUT2D eigenvalue weighted by atomic mass is 10.1. The number of aryl methyl sites for hydroxylation is 1. The number of hydrogen-bond acceptors (Lipinski definition) is 4. The van der Waals surface area contributed by atoms with Crippen molar-refractivity contribution in [3.63, 3.8) is 0 Å². The van der Waals surface area contributed by atoms with E-state index >= 15 is 0 Å². The fraction of sp³-hybridized carbons (Fsp3) is 0.318. The fourth-order valence-corrected chi connectivity index (χ4v) is 3.12. The van der Waals surface area contributed by atoms with Crippen molar-refractivity contribution in [3.8, 4) is 5.75 Å². The molecule has 1 aliphatic heterocycles. The maximum Gasteiger partial charge on any atom is 0.245 e. The molecule has 28 heavy (non-hydrogen) atoms. The lowest BCUT2D eigenvalue weighted by molar-refractivity contribution is -0.126. The van der Waals surface area contributed by atoms with Crippen LogP contribution in [0.3, 0.4) is 0 Å². The molecule has 1 saturated heterocycles. The molecule has 0 bridgehead atoms. The molecule has 146 valence electrons. The number of amides is 2. The fourth-order valence-electron chi connectivity index (χ4n) is 3.12. The minimum atomic E-state index is -0.407. The van der Waals surface area contributed by atoms with Crippen LogP contribution in [0.2, 0.25) is 0 Å². The van der Waals surface area contributed by atoms with E-state index in [1.165, 1.54) is 5.56 Å². The van der Waals surface area contributed by atoms with Crippen molar-refractivity contribution >= 4 is 23.7 Å². The molecule has 1 unspecified atom stereocenters. The molecule has 2 aromatic rings. The second-order valence-electron chi connectivity index (χ2n) is 6.66. The van der Waals surface area contributed by atoms with Gasteiger partial charge in [0.05, 0.1) is 18.7 Å². The molecule has 1 fully saturated rings. The molecule has 0 aliphatic carbocycles. The number of hydrazone groups is 1. The van der Waals surface area contributed by atoms with Crippen molar-refractivity contribution in [1.82, 2.24) is 5.43 Å². The van der Waals surface area contributed by atoms with Gasteiger partial charge in [-0.2, -0.15) is 5.10 Å². The van der Waals surface area contributed by atoms with Crippen molar-refractivity contribution in [2.45, 2.75) is 26.7 Å². The van der Waals surface area contributed by atoms with E-state index in [1.807, 2.05) is 55.5 Å². The summed E-state index contributed by atoms with van der Waals surface area (Å²) >= 11 is 0. The minimum absolute atomic E-state index is 0.0418. The molecular formula is C22H25N3O3. The third-order valence-corrected chi connectivity index (χ3v) is 4.73. The summed E-state index contributed by atoms with van der Waals surface area (Å²) in [6, 6.07) is 15.3. The highest BCUT2D eigenvalue weighted by Gasteiger charge is 2.35. The number of anilines is 1. The van der Waals surface area contributed by atoms with E-state index in [4.69, 9.17) is 4.74 Å². The van der Waals surface area contributed by atoms with Crippen molar-refractivity contribution in [2.75, 3.05) is 18.1 Å². The standard InChI is InChI=1S/C22H25N3O3/c1-3-16-5-9-19(10-6-16)25-15-18(13-21(25)26)22(27)24-23-14-17-7-11-20(12-8-17)28-4-2/h5-12,14,18H,3-4,13,15H2,1-2H3,(H,24,27)/b23-14+. The second-order valence-corrected chi connectivity index (χ2v) is 6.66. The Labute approximate surface area is 165 Å². The van der Waals surface area contributed by atoms with Gasteiger partial charge in [0, 0.05) is 18.7 Å². The first-order valence-corrected chi connectivity index (χ1v) is 9.55. The molecule has 1 N–H and O–H groups in total. The Hall–Kier alpha value is -3.15. The Morgan fingerprint density at radius 2 is 1.89 bits per heavy atom. The topological polar surface area (TPSA) is 71.0 Å². The van der Waals surface area contributed by atoms with Gasteiger partial charge in [-0.05, 0) is 60.9 Å². The smallest absolute Gasteiger partial charge is 0.245 e. The van der Waals surface area contributed by atoms with Crippen LogP contribution >= 0.6 is 0 Å². The maximum atomic E-state index is 12.4. The summed E-state index contributed by atoms with van der Waals surface area (Å²) in [5.41, 5.74) is 5.44. The van der Waals surface area contributed by atoms with Gasteiger partial charge in [0.15, 0.2) is 0 Å². The number of nitrogens with zero attached hydrogens (tertiary/aromatic N) is 2. The monoisotopic (exact) mass is 379 g/mol. The molecule has 1 aliphatic rings. The van der Waals surface area contributed by atoms with Crippen LogP contribution in [0, 0.1) is 5.92 Å². The van der Waals surface area contributed by atoms with E-state index in [0.29, 0.717) is 13.2 Å². The van der Waals surface area contributed by atoms with E-state index in [0.717, 1.165) is 23.4 Å². The molecule has 0 saturated carbocycles. The van der Waals surface area contributed by atoms with Crippen LogP contribution in [0.4, 0.5) is 5.69 Å². The van der Waals surface area contributed by atoms with Crippen molar-refractivity contribution < 1.29 is 14.3 Å². The summed E-state index contributed by atoms with van der Waals surface area (Å²) in [5.74, 6) is 0.0964. The lowest BCUT2D eigenvalue weighted by Crippen LogP contribution is -2.30. The number of nitrogens with one attached hydrogen (secondary N) is 1. The summed E-state index contributed by atoms with van der Waals surface area (Å²) in [6.07, 6.45) is 2.72. The largest absolute Gasteiger partial charge is 0.494 e. The zero-order valence-electron chi connectivity index (χ0n) is 16.2. The van der Waals surface area contributed by atoms with E-state index in [1.54, 1.807) is 11.1 Å². The summed E-state index contributed by atoms with van der Waals surface area (Å²) in [6.45, 7) is 5.00. The van der Waals surface area contributed by atoms with Gasteiger partial charge in [-0.15, -0.1) is 0 Å². The van der Waals surface area contributed by atoms with Gasteiger partial charge in [0.25, 0.3) is 0 Å². The van der Waals surface area contributed by atoms with Gasteiger partial charge in [-0.25, -0.2) is 5.43 Å². The Bertz CT molecular complexity index is 844. The molecule has 1 heterocycles. The average molecular weight is 379 g/mol. The average Bonchev–Trinajstić information content (AvgIpc) is 3.11. The van der Waals surface area contributed by atoms with Crippen LogP contribution in [-0.4, -0.2) is 31.2 Å². The number of ether oxygens (including phenoxy) is 1. The highest BCUT2D eigenvalue weighted by atomic mass is 16.5. The first-order valence-electron chi connectivity index (χ1n) is 9.55. The number of rotatable bonds is 7. The Morgan fingerprint density at radius 1 is 1.18 bits per heavy atom. The minimum Gasteiger partial charge on any atom is -0.494 e. The number of benzene rings is 2. The van der Waals surface area contributed by atoms with Gasteiger partial charge in [-0.1, -0.05) is 19.1 Å². The van der Waals surface area contributed by atoms with Gasteiger partial charge in [0.1, 0.15) is 5.75 Å². The van der Waals surface area contributed by atoms with E-state index < -0.39 is 5.92 Å². The summed E-state index contributed by atoms with van der Waals surface area (Å²) in [7, 11) is 0. The third kappa shape index (κ3) is 4.76. The first kappa shape index (κ1) is 19.6. The molecule has 3 rings (SSSR count). The van der Waals surface area contributed by atoms with Crippen LogP contribution in [-0.2, 0) is 16.0 Å². The van der Waals surface area contributed by atoms with Crippen LogP contribution < -0.4 is 15.1 Å². The second kappa shape index (κ2) is 9.17. The molecule has 2 amide bonds. The molecule has 0 spiro atoms. The predicted molar refractivity (Wildman–Crippen MR) is 110 cm³/mol. The molecule has 0 radical (unpaired) electrons. The lowest BCUT2D eigenvalue weighted by Gasteiger charge is -2.16. The molecule has 6 nitrogen and oxygen atoms in total. The van der Waals surface area contributed by atoms with E-state index in [9.17, 15) is 9.59 Å². The predicted octanol–water partition coefficient (Wildman–Crippen LogP) is 3.15. The van der Waals surface area contributed by atoms with Crippen LogP contribution in [0.5, 0.6) is 5.75 Å². The van der Waals surface area contributed by atoms with Crippen molar-refractivity contribution in [1.29, 1.82) is 0 Å². The Morgan fingerprint density at radius 3 is 2.54 bits per heavy atom. The van der Waals surface area contributed by atoms with Crippen LogP contribution in [0.25, 0.3) is 0 Å². The normalized spacial score (nSPS) is 16.6. The van der Waals surface area contributed by atoms with Crippen molar-refractivity contribution in [3.05, 3.63) is 59.7 Å². The Balaban J connectivity index is 1.55. The third-order valence-electron chi connectivity index (χ3n) is 4.73. The summed E-state index contributed by atoms with van der Waals surface area (Å²) in [5, 5.41) is 4.01.